The van der Waals surface area contributed by atoms with E-state index in [2.05, 4.69) is 46.5 Å². The molecule has 0 spiro atoms. The molecule has 1 aromatic heterocycles. The van der Waals surface area contributed by atoms with E-state index >= 15 is 0 Å². The minimum absolute atomic E-state index is 0.578. The highest BCUT2D eigenvalue weighted by Gasteiger charge is 1.99. The number of aryl methyl sites for hydroxylation is 1. The van der Waals surface area contributed by atoms with Gasteiger partial charge in [-0.3, -0.25) is 0 Å². The fourth-order valence-corrected chi connectivity index (χ4v) is 1.78. The molecule has 2 rings (SSSR count). The molecule has 4 heteroatoms. The highest BCUT2D eigenvalue weighted by atomic mass is 15.1. The second-order valence-electron chi connectivity index (χ2n) is 4.30. The minimum Gasteiger partial charge on any atom is -0.353 e. The average Bonchev–Trinajstić information content (AvgIpc) is 2.38. The number of anilines is 1. The molecule has 0 aliphatic rings. The summed E-state index contributed by atoms with van der Waals surface area (Å²) in [6.45, 7) is 3.37. The first-order valence-electron chi connectivity index (χ1n) is 6.08. The summed E-state index contributed by atoms with van der Waals surface area (Å²) < 4.78 is 0. The van der Waals surface area contributed by atoms with E-state index in [1.165, 1.54) is 11.1 Å². The molecule has 18 heavy (non-hydrogen) atoms. The Kier molecular flexibility index (Phi) is 4.25. The van der Waals surface area contributed by atoms with Crippen LogP contribution in [0.1, 0.15) is 16.7 Å². The van der Waals surface area contributed by atoms with Crippen LogP contribution in [0.25, 0.3) is 0 Å². The third kappa shape index (κ3) is 3.53. The molecule has 1 aromatic carbocycles. The van der Waals surface area contributed by atoms with Crippen LogP contribution in [0, 0.1) is 6.92 Å². The Morgan fingerprint density at radius 1 is 1.17 bits per heavy atom. The molecule has 0 radical (unpaired) electrons. The molecule has 0 aliphatic carbocycles. The quantitative estimate of drug-likeness (QED) is 0.838. The zero-order valence-electron chi connectivity index (χ0n) is 10.6. The lowest BCUT2D eigenvalue weighted by Gasteiger charge is -2.05. The molecule has 1 heterocycles. The Morgan fingerprint density at radius 2 is 1.94 bits per heavy atom. The van der Waals surface area contributed by atoms with Crippen molar-refractivity contribution in [3.63, 3.8) is 0 Å². The van der Waals surface area contributed by atoms with Crippen LogP contribution in [0.4, 0.5) is 5.95 Å². The lowest BCUT2D eigenvalue weighted by molar-refractivity contribution is 0.978. The third-order valence-corrected chi connectivity index (χ3v) is 2.62. The molecular formula is C14H18N4. The fourth-order valence-electron chi connectivity index (χ4n) is 1.78. The van der Waals surface area contributed by atoms with E-state index in [4.69, 9.17) is 5.73 Å². The molecule has 0 fully saturated rings. The first-order chi connectivity index (χ1) is 8.78. The summed E-state index contributed by atoms with van der Waals surface area (Å²) in [5, 5.41) is 3.05. The van der Waals surface area contributed by atoms with Gasteiger partial charge in [-0.1, -0.05) is 29.8 Å². The predicted molar refractivity (Wildman–Crippen MR) is 73.6 cm³/mol. The van der Waals surface area contributed by atoms with Gasteiger partial charge >= 0.3 is 0 Å². The molecule has 94 valence electrons. The Hall–Kier alpha value is -1.94. The normalized spacial score (nSPS) is 10.3. The van der Waals surface area contributed by atoms with Gasteiger partial charge in [-0.15, -0.1) is 0 Å². The van der Waals surface area contributed by atoms with Crippen molar-refractivity contribution in [3.8, 4) is 0 Å². The van der Waals surface area contributed by atoms with Gasteiger partial charge in [0, 0.05) is 31.9 Å². The number of nitrogens with zero attached hydrogens (tertiary/aromatic N) is 2. The number of hydrogen-bond donors (Lipinski definition) is 2. The van der Waals surface area contributed by atoms with Gasteiger partial charge in [0.1, 0.15) is 0 Å². The Balaban J connectivity index is 2.02. The predicted octanol–water partition coefficient (Wildman–Crippen LogP) is 1.75. The lowest BCUT2D eigenvalue weighted by atomic mass is 10.1. The molecule has 4 nitrogen and oxygen atoms in total. The minimum atomic E-state index is 0.578. The zero-order chi connectivity index (χ0) is 12.8. The van der Waals surface area contributed by atoms with Crippen molar-refractivity contribution in [1.29, 1.82) is 0 Å². The summed E-state index contributed by atoms with van der Waals surface area (Å²) in [5.74, 6) is 0.633. The molecule has 0 atom stereocenters. The lowest BCUT2D eigenvalue weighted by Crippen LogP contribution is -2.14. The maximum Gasteiger partial charge on any atom is 0.222 e. The van der Waals surface area contributed by atoms with Crippen LogP contribution in [0.5, 0.6) is 0 Å². The fraction of sp³-hybridized carbons (Fsp3) is 0.286. The summed E-state index contributed by atoms with van der Waals surface area (Å²) in [7, 11) is 0. The summed E-state index contributed by atoms with van der Waals surface area (Å²) in [5.41, 5.74) is 9.07. The van der Waals surface area contributed by atoms with Gasteiger partial charge in [-0.05, 0) is 18.1 Å². The molecule has 0 amide bonds. The Bertz CT molecular complexity index is 493. The number of aromatic nitrogens is 2. The van der Waals surface area contributed by atoms with E-state index in [0.717, 1.165) is 12.0 Å². The van der Waals surface area contributed by atoms with Crippen LogP contribution in [-0.2, 0) is 6.42 Å². The van der Waals surface area contributed by atoms with Gasteiger partial charge in [0.2, 0.25) is 5.95 Å². The second kappa shape index (κ2) is 6.12. The maximum absolute atomic E-state index is 5.40. The van der Waals surface area contributed by atoms with Gasteiger partial charge in [-0.25, -0.2) is 9.97 Å². The molecule has 3 N–H and O–H groups in total. The van der Waals surface area contributed by atoms with Gasteiger partial charge in [0.25, 0.3) is 0 Å². The van der Waals surface area contributed by atoms with E-state index in [0.29, 0.717) is 19.0 Å². The Labute approximate surface area is 107 Å². The van der Waals surface area contributed by atoms with Crippen LogP contribution in [0.3, 0.4) is 0 Å². The molecule has 0 unspecified atom stereocenters. The topological polar surface area (TPSA) is 63.8 Å². The molecule has 0 saturated heterocycles. The first-order valence-corrected chi connectivity index (χ1v) is 6.08. The van der Waals surface area contributed by atoms with Gasteiger partial charge < -0.3 is 11.1 Å². The highest BCUT2D eigenvalue weighted by Crippen LogP contribution is 2.10. The molecule has 0 saturated carbocycles. The van der Waals surface area contributed by atoms with Crippen molar-refractivity contribution in [2.45, 2.75) is 13.3 Å². The SMILES string of the molecule is Cc1cccc(Cc2cnc(NCCN)nc2)c1. The van der Waals surface area contributed by atoms with Crippen molar-refractivity contribution in [2.24, 2.45) is 5.73 Å². The first kappa shape index (κ1) is 12.5. The van der Waals surface area contributed by atoms with E-state index in [9.17, 15) is 0 Å². The van der Waals surface area contributed by atoms with Crippen molar-refractivity contribution in [2.75, 3.05) is 18.4 Å². The summed E-state index contributed by atoms with van der Waals surface area (Å²) >= 11 is 0. The smallest absolute Gasteiger partial charge is 0.222 e. The number of nitrogens with one attached hydrogen (secondary N) is 1. The second-order valence-corrected chi connectivity index (χ2v) is 4.30. The number of rotatable bonds is 5. The van der Waals surface area contributed by atoms with Gasteiger partial charge in [-0.2, -0.15) is 0 Å². The van der Waals surface area contributed by atoms with Gasteiger partial charge in [0.05, 0.1) is 0 Å². The third-order valence-electron chi connectivity index (χ3n) is 2.62. The van der Waals surface area contributed by atoms with Crippen LogP contribution in [0.15, 0.2) is 36.7 Å². The van der Waals surface area contributed by atoms with Crippen molar-refractivity contribution < 1.29 is 0 Å². The highest BCUT2D eigenvalue weighted by molar-refractivity contribution is 5.29. The monoisotopic (exact) mass is 242 g/mol. The summed E-state index contributed by atoms with van der Waals surface area (Å²) in [6, 6.07) is 8.47. The van der Waals surface area contributed by atoms with Crippen LogP contribution >= 0.6 is 0 Å². The van der Waals surface area contributed by atoms with E-state index in [1.807, 2.05) is 12.4 Å². The zero-order valence-corrected chi connectivity index (χ0v) is 10.6. The van der Waals surface area contributed by atoms with Crippen molar-refractivity contribution in [1.82, 2.24) is 9.97 Å². The van der Waals surface area contributed by atoms with Crippen molar-refractivity contribution in [3.05, 3.63) is 53.3 Å². The van der Waals surface area contributed by atoms with E-state index in [-0.39, 0.29) is 0 Å². The summed E-state index contributed by atoms with van der Waals surface area (Å²) in [4.78, 5) is 8.51. The molecule has 0 aliphatic heterocycles. The van der Waals surface area contributed by atoms with Crippen LogP contribution < -0.4 is 11.1 Å². The summed E-state index contributed by atoms with van der Waals surface area (Å²) in [6.07, 6.45) is 4.57. The number of benzene rings is 1. The Morgan fingerprint density at radius 3 is 2.61 bits per heavy atom. The van der Waals surface area contributed by atoms with E-state index < -0.39 is 0 Å². The van der Waals surface area contributed by atoms with Crippen LogP contribution in [0.2, 0.25) is 0 Å². The average molecular weight is 242 g/mol. The molecule has 2 aromatic rings. The van der Waals surface area contributed by atoms with Gasteiger partial charge in [0.15, 0.2) is 0 Å². The number of hydrogen-bond acceptors (Lipinski definition) is 4. The molecule has 0 bridgehead atoms. The standard InChI is InChI=1S/C14H18N4/c1-11-3-2-4-12(7-11)8-13-9-17-14(18-10-13)16-6-5-15/h2-4,7,9-10H,5-6,8,15H2,1H3,(H,16,17,18). The molecular weight excluding hydrogens is 224 g/mol. The largest absolute Gasteiger partial charge is 0.353 e. The van der Waals surface area contributed by atoms with Crippen LogP contribution in [-0.4, -0.2) is 23.1 Å². The van der Waals surface area contributed by atoms with E-state index in [1.54, 1.807) is 0 Å². The maximum atomic E-state index is 5.40. The van der Waals surface area contributed by atoms with Crippen molar-refractivity contribution >= 4 is 5.95 Å². The number of nitrogens with two attached hydrogens (primary N) is 1.